The van der Waals surface area contributed by atoms with Crippen molar-refractivity contribution < 1.29 is 8.81 Å². The van der Waals surface area contributed by atoms with Crippen LogP contribution in [-0.2, 0) is 6.54 Å². The summed E-state index contributed by atoms with van der Waals surface area (Å²) in [6, 6.07) is 16.6. The first-order valence-electron chi connectivity index (χ1n) is 6.90. The van der Waals surface area contributed by atoms with E-state index < -0.39 is 0 Å². The van der Waals surface area contributed by atoms with Crippen molar-refractivity contribution in [1.82, 2.24) is 14.8 Å². The van der Waals surface area contributed by atoms with E-state index in [4.69, 9.17) is 4.42 Å². The number of hydrogen-bond donors (Lipinski definition) is 0. The van der Waals surface area contributed by atoms with Gasteiger partial charge in [-0.25, -0.2) is 4.39 Å². The van der Waals surface area contributed by atoms with Crippen LogP contribution in [0.5, 0.6) is 0 Å². The predicted octanol–water partition coefficient (Wildman–Crippen LogP) is 3.88. The molecule has 4 rings (SSSR count). The fraction of sp³-hybridized carbons (Fsp3) is 0.0588. The van der Waals surface area contributed by atoms with Crippen molar-refractivity contribution in [3.63, 3.8) is 0 Å². The van der Waals surface area contributed by atoms with E-state index in [0.717, 1.165) is 22.2 Å². The molecule has 108 valence electrons. The Kier molecular flexibility index (Phi) is 2.96. The quantitative estimate of drug-likeness (QED) is 0.576. The second-order valence-corrected chi connectivity index (χ2v) is 5.04. The van der Waals surface area contributed by atoms with Gasteiger partial charge in [-0.2, -0.15) is 0 Å². The molecule has 0 amide bonds. The van der Waals surface area contributed by atoms with Crippen LogP contribution in [0.1, 0.15) is 5.56 Å². The van der Waals surface area contributed by atoms with Crippen molar-refractivity contribution in [1.29, 1.82) is 0 Å². The third-order valence-electron chi connectivity index (χ3n) is 3.64. The predicted molar refractivity (Wildman–Crippen MR) is 80.7 cm³/mol. The average Bonchev–Trinajstić information content (AvgIpc) is 3.18. The van der Waals surface area contributed by atoms with E-state index >= 15 is 0 Å². The molecule has 0 N–H and O–H groups in total. The van der Waals surface area contributed by atoms with Crippen LogP contribution < -0.4 is 0 Å². The molecule has 2 heterocycles. The van der Waals surface area contributed by atoms with Gasteiger partial charge in [-0.05, 0) is 29.8 Å². The van der Waals surface area contributed by atoms with Crippen LogP contribution in [0.3, 0.4) is 0 Å². The van der Waals surface area contributed by atoms with E-state index in [0.29, 0.717) is 12.4 Å². The fourth-order valence-corrected chi connectivity index (χ4v) is 2.61. The van der Waals surface area contributed by atoms with Crippen LogP contribution in [-0.4, -0.2) is 14.8 Å². The molecule has 0 radical (unpaired) electrons. The minimum absolute atomic E-state index is 0.238. The Morgan fingerprint density at radius 1 is 1.05 bits per heavy atom. The number of nitrogens with zero attached hydrogens (tertiary/aromatic N) is 3. The summed E-state index contributed by atoms with van der Waals surface area (Å²) in [5, 5.41) is 8.84. The lowest BCUT2D eigenvalue weighted by molar-refractivity contribution is 0.562. The Morgan fingerprint density at radius 2 is 1.86 bits per heavy atom. The van der Waals surface area contributed by atoms with E-state index in [1.807, 2.05) is 30.3 Å². The number of aromatic nitrogens is 3. The largest absolute Gasteiger partial charge is 0.422 e. The molecule has 5 heteroatoms. The molecule has 2 aromatic carbocycles. The Hall–Kier alpha value is -2.95. The fourth-order valence-electron chi connectivity index (χ4n) is 2.61. The summed E-state index contributed by atoms with van der Waals surface area (Å²) in [5.74, 6) is 0.233. The molecule has 4 aromatic rings. The molecule has 2 aromatic heterocycles. The number of rotatable bonds is 3. The van der Waals surface area contributed by atoms with Gasteiger partial charge in [0.05, 0.1) is 0 Å². The molecular formula is C17H12FN3O. The van der Waals surface area contributed by atoms with Gasteiger partial charge in [-0.1, -0.05) is 30.3 Å². The maximum atomic E-state index is 13.1. The summed E-state index contributed by atoms with van der Waals surface area (Å²) >= 11 is 0. The van der Waals surface area contributed by atoms with Gasteiger partial charge >= 0.3 is 0 Å². The lowest BCUT2D eigenvalue weighted by Crippen LogP contribution is -2.02. The highest BCUT2D eigenvalue weighted by molar-refractivity contribution is 5.85. The summed E-state index contributed by atoms with van der Waals surface area (Å²) in [6.07, 6.45) is 1.31. The van der Waals surface area contributed by atoms with Crippen molar-refractivity contribution in [2.24, 2.45) is 0 Å². The van der Waals surface area contributed by atoms with Crippen molar-refractivity contribution in [3.8, 4) is 11.6 Å². The summed E-state index contributed by atoms with van der Waals surface area (Å²) in [4.78, 5) is 0. The van der Waals surface area contributed by atoms with E-state index in [2.05, 4.69) is 14.8 Å². The van der Waals surface area contributed by atoms with Gasteiger partial charge in [-0.15, -0.1) is 10.2 Å². The SMILES string of the molecule is Fc1ccc(Cn2c(-c3nnco3)cc3ccccc32)cc1. The second kappa shape index (κ2) is 5.11. The highest BCUT2D eigenvalue weighted by atomic mass is 19.1. The Balaban J connectivity index is 1.87. The van der Waals surface area contributed by atoms with E-state index in [1.165, 1.54) is 18.5 Å². The molecule has 0 spiro atoms. The van der Waals surface area contributed by atoms with E-state index in [9.17, 15) is 4.39 Å². The van der Waals surface area contributed by atoms with Gasteiger partial charge in [0.1, 0.15) is 11.5 Å². The van der Waals surface area contributed by atoms with E-state index in [1.54, 1.807) is 12.1 Å². The number of fused-ring (bicyclic) bond motifs is 1. The summed E-state index contributed by atoms with van der Waals surface area (Å²) in [7, 11) is 0. The molecule has 22 heavy (non-hydrogen) atoms. The van der Waals surface area contributed by atoms with Crippen LogP contribution in [0.2, 0.25) is 0 Å². The lowest BCUT2D eigenvalue weighted by Gasteiger charge is -2.09. The third kappa shape index (κ3) is 2.16. The highest BCUT2D eigenvalue weighted by Crippen LogP contribution is 2.27. The molecule has 0 atom stereocenters. The van der Waals surface area contributed by atoms with Gasteiger partial charge in [-0.3, -0.25) is 0 Å². The number of halogens is 1. The van der Waals surface area contributed by atoms with Crippen molar-refractivity contribution in [3.05, 3.63) is 72.4 Å². The third-order valence-corrected chi connectivity index (χ3v) is 3.64. The lowest BCUT2D eigenvalue weighted by atomic mass is 10.2. The van der Waals surface area contributed by atoms with Crippen molar-refractivity contribution in [2.75, 3.05) is 0 Å². The number of hydrogen-bond acceptors (Lipinski definition) is 3. The smallest absolute Gasteiger partial charge is 0.264 e. The Morgan fingerprint density at radius 3 is 2.64 bits per heavy atom. The minimum atomic E-state index is -0.238. The minimum Gasteiger partial charge on any atom is -0.422 e. The van der Waals surface area contributed by atoms with Gasteiger partial charge in [0, 0.05) is 17.4 Å². The first kappa shape index (κ1) is 12.8. The molecule has 0 fully saturated rings. The Bertz CT molecular complexity index is 911. The summed E-state index contributed by atoms with van der Waals surface area (Å²) < 4.78 is 20.5. The average molecular weight is 293 g/mol. The molecular weight excluding hydrogens is 281 g/mol. The maximum absolute atomic E-state index is 13.1. The van der Waals surface area contributed by atoms with Crippen LogP contribution in [0.25, 0.3) is 22.5 Å². The molecule has 0 aliphatic rings. The van der Waals surface area contributed by atoms with Gasteiger partial charge in [0.25, 0.3) is 5.89 Å². The van der Waals surface area contributed by atoms with Crippen molar-refractivity contribution in [2.45, 2.75) is 6.54 Å². The van der Waals surface area contributed by atoms with Crippen LogP contribution in [0, 0.1) is 5.82 Å². The number of benzene rings is 2. The first-order valence-corrected chi connectivity index (χ1v) is 6.90. The second-order valence-electron chi connectivity index (χ2n) is 5.04. The monoisotopic (exact) mass is 293 g/mol. The first-order chi connectivity index (χ1) is 10.8. The topological polar surface area (TPSA) is 43.9 Å². The standard InChI is InChI=1S/C17H12FN3O/c18-14-7-5-12(6-8-14)10-21-15-4-2-1-3-13(15)9-16(21)17-20-19-11-22-17/h1-9,11H,10H2. The molecule has 0 unspecified atom stereocenters. The maximum Gasteiger partial charge on any atom is 0.264 e. The molecule has 0 bridgehead atoms. The van der Waals surface area contributed by atoms with Crippen LogP contribution in [0.4, 0.5) is 4.39 Å². The van der Waals surface area contributed by atoms with Crippen LogP contribution in [0.15, 0.2) is 65.4 Å². The zero-order valence-electron chi connectivity index (χ0n) is 11.6. The molecule has 0 aliphatic carbocycles. The van der Waals surface area contributed by atoms with E-state index in [-0.39, 0.29) is 5.82 Å². The molecule has 0 saturated carbocycles. The summed E-state index contributed by atoms with van der Waals surface area (Å²) in [6.45, 7) is 0.603. The summed E-state index contributed by atoms with van der Waals surface area (Å²) in [5.41, 5.74) is 2.92. The van der Waals surface area contributed by atoms with Crippen molar-refractivity contribution >= 4 is 10.9 Å². The molecule has 0 aliphatic heterocycles. The number of para-hydroxylation sites is 1. The zero-order chi connectivity index (χ0) is 14.9. The molecule has 0 saturated heterocycles. The normalized spacial score (nSPS) is 11.1. The van der Waals surface area contributed by atoms with Gasteiger partial charge in [0.15, 0.2) is 0 Å². The molecule has 4 nitrogen and oxygen atoms in total. The Labute approximate surface area is 125 Å². The van der Waals surface area contributed by atoms with Gasteiger partial charge in [0.2, 0.25) is 6.39 Å². The van der Waals surface area contributed by atoms with Gasteiger partial charge < -0.3 is 8.98 Å². The zero-order valence-corrected chi connectivity index (χ0v) is 11.6. The van der Waals surface area contributed by atoms with Crippen LogP contribution >= 0.6 is 0 Å². The highest BCUT2D eigenvalue weighted by Gasteiger charge is 2.14.